The minimum atomic E-state index is 0.244. The Morgan fingerprint density at radius 2 is 1.71 bits per heavy atom. The molecule has 0 unspecified atom stereocenters. The van der Waals surface area contributed by atoms with Gasteiger partial charge in [-0.05, 0) is 52.0 Å². The average molecular weight is 294 g/mol. The normalized spacial score (nSPS) is 32.5. The molecule has 2 aliphatic heterocycles. The Morgan fingerprint density at radius 1 is 1.05 bits per heavy atom. The summed E-state index contributed by atoms with van der Waals surface area (Å²) in [6.45, 7) is 4.96. The van der Waals surface area contributed by atoms with Gasteiger partial charge in [0.2, 0.25) is 5.91 Å². The van der Waals surface area contributed by atoms with Gasteiger partial charge in [0, 0.05) is 25.0 Å². The second-order valence-corrected chi connectivity index (χ2v) is 7.14. The smallest absolute Gasteiger partial charge is 0.225 e. The molecule has 1 N–H and O–H groups in total. The zero-order chi connectivity index (χ0) is 14.7. The molecule has 120 valence electrons. The van der Waals surface area contributed by atoms with E-state index in [0.29, 0.717) is 24.2 Å². The number of hydrogen-bond acceptors (Lipinski definition) is 3. The van der Waals surface area contributed by atoms with E-state index in [-0.39, 0.29) is 5.92 Å². The molecular formula is C17H30N2O2. The lowest BCUT2D eigenvalue weighted by molar-refractivity contribution is -0.140. The van der Waals surface area contributed by atoms with Gasteiger partial charge >= 0.3 is 0 Å². The Labute approximate surface area is 128 Å². The van der Waals surface area contributed by atoms with Crippen molar-refractivity contribution in [2.24, 2.45) is 5.92 Å². The van der Waals surface area contributed by atoms with Crippen molar-refractivity contribution in [3.8, 4) is 0 Å². The van der Waals surface area contributed by atoms with Crippen molar-refractivity contribution in [3.05, 3.63) is 0 Å². The van der Waals surface area contributed by atoms with Gasteiger partial charge in [0.05, 0.1) is 12.2 Å². The molecule has 3 rings (SSSR count). The molecule has 1 saturated carbocycles. The Kier molecular flexibility index (Phi) is 5.17. The molecule has 4 heteroatoms. The Balaban J connectivity index is 1.43. The standard InChI is InChI=1S/C17H30N2O2/c1-13-12-14(6-9-18-13)17(20)19-10-7-16(8-11-19)21-15-4-2-3-5-15/h13-16,18H,2-12H2,1H3/t13-,14-/m0/s1. The highest BCUT2D eigenvalue weighted by molar-refractivity contribution is 5.79. The highest BCUT2D eigenvalue weighted by Crippen LogP contribution is 2.26. The maximum absolute atomic E-state index is 12.6. The van der Waals surface area contributed by atoms with Crippen molar-refractivity contribution < 1.29 is 9.53 Å². The molecular weight excluding hydrogens is 264 g/mol. The average Bonchev–Trinajstić information content (AvgIpc) is 3.00. The summed E-state index contributed by atoms with van der Waals surface area (Å²) < 4.78 is 6.19. The number of nitrogens with zero attached hydrogens (tertiary/aromatic N) is 1. The van der Waals surface area contributed by atoms with E-state index < -0.39 is 0 Å². The van der Waals surface area contributed by atoms with Crippen LogP contribution < -0.4 is 5.32 Å². The van der Waals surface area contributed by atoms with E-state index >= 15 is 0 Å². The molecule has 4 nitrogen and oxygen atoms in total. The van der Waals surface area contributed by atoms with E-state index in [1.165, 1.54) is 25.7 Å². The third-order valence-corrected chi connectivity index (χ3v) is 5.41. The molecule has 0 radical (unpaired) electrons. The molecule has 1 amide bonds. The van der Waals surface area contributed by atoms with Crippen LogP contribution in [0.2, 0.25) is 0 Å². The van der Waals surface area contributed by atoms with E-state index in [1.54, 1.807) is 0 Å². The number of piperidine rings is 2. The predicted molar refractivity (Wildman–Crippen MR) is 83.1 cm³/mol. The van der Waals surface area contributed by atoms with Crippen LogP contribution >= 0.6 is 0 Å². The van der Waals surface area contributed by atoms with E-state index in [1.807, 2.05) is 0 Å². The van der Waals surface area contributed by atoms with Gasteiger partial charge in [-0.1, -0.05) is 12.8 Å². The van der Waals surface area contributed by atoms with E-state index in [2.05, 4.69) is 17.1 Å². The Bertz CT molecular complexity index is 347. The summed E-state index contributed by atoms with van der Waals surface area (Å²) >= 11 is 0. The summed E-state index contributed by atoms with van der Waals surface area (Å²) in [6, 6.07) is 0.482. The second kappa shape index (κ2) is 7.10. The minimum absolute atomic E-state index is 0.244. The van der Waals surface area contributed by atoms with Crippen LogP contribution in [-0.2, 0) is 9.53 Å². The van der Waals surface area contributed by atoms with E-state index in [0.717, 1.165) is 45.3 Å². The molecule has 0 spiro atoms. The van der Waals surface area contributed by atoms with Crippen molar-refractivity contribution >= 4 is 5.91 Å². The zero-order valence-electron chi connectivity index (χ0n) is 13.4. The first-order valence-electron chi connectivity index (χ1n) is 8.90. The Morgan fingerprint density at radius 3 is 2.38 bits per heavy atom. The fourth-order valence-corrected chi connectivity index (χ4v) is 4.12. The topological polar surface area (TPSA) is 41.6 Å². The van der Waals surface area contributed by atoms with Crippen LogP contribution in [0.15, 0.2) is 0 Å². The summed E-state index contributed by atoms with van der Waals surface area (Å²) in [5.74, 6) is 0.635. The summed E-state index contributed by atoms with van der Waals surface area (Å²) in [5.41, 5.74) is 0. The molecule has 0 bridgehead atoms. The molecule has 3 fully saturated rings. The fourth-order valence-electron chi connectivity index (χ4n) is 4.12. The molecule has 0 aromatic rings. The lowest BCUT2D eigenvalue weighted by Gasteiger charge is -2.37. The first-order chi connectivity index (χ1) is 10.2. The van der Waals surface area contributed by atoms with Crippen LogP contribution in [0.3, 0.4) is 0 Å². The molecule has 2 atom stereocenters. The van der Waals surface area contributed by atoms with Crippen molar-refractivity contribution in [2.75, 3.05) is 19.6 Å². The van der Waals surface area contributed by atoms with Gasteiger partial charge in [0.25, 0.3) is 0 Å². The Hall–Kier alpha value is -0.610. The highest BCUT2D eigenvalue weighted by atomic mass is 16.5. The van der Waals surface area contributed by atoms with Gasteiger partial charge in [-0.3, -0.25) is 4.79 Å². The van der Waals surface area contributed by atoms with Crippen molar-refractivity contribution in [1.82, 2.24) is 10.2 Å². The number of nitrogens with one attached hydrogen (secondary N) is 1. The van der Waals surface area contributed by atoms with Crippen LogP contribution in [-0.4, -0.2) is 48.7 Å². The predicted octanol–water partition coefficient (Wildman–Crippen LogP) is 2.32. The maximum atomic E-state index is 12.6. The lowest BCUT2D eigenvalue weighted by atomic mass is 9.91. The van der Waals surface area contributed by atoms with Crippen molar-refractivity contribution in [2.45, 2.75) is 76.5 Å². The number of rotatable bonds is 3. The summed E-state index contributed by atoms with van der Waals surface area (Å²) in [5, 5.41) is 3.43. The third-order valence-electron chi connectivity index (χ3n) is 5.41. The van der Waals surface area contributed by atoms with E-state index in [4.69, 9.17) is 4.74 Å². The monoisotopic (exact) mass is 294 g/mol. The van der Waals surface area contributed by atoms with Gasteiger partial charge in [-0.25, -0.2) is 0 Å². The van der Waals surface area contributed by atoms with Gasteiger partial charge in [-0.15, -0.1) is 0 Å². The summed E-state index contributed by atoms with van der Waals surface area (Å²) in [6.07, 6.45) is 10.1. The molecule has 3 aliphatic rings. The van der Waals surface area contributed by atoms with Gasteiger partial charge in [-0.2, -0.15) is 0 Å². The van der Waals surface area contributed by atoms with Gasteiger partial charge in [0.15, 0.2) is 0 Å². The number of likely N-dealkylation sites (tertiary alicyclic amines) is 1. The molecule has 21 heavy (non-hydrogen) atoms. The number of hydrogen-bond donors (Lipinski definition) is 1. The lowest BCUT2D eigenvalue weighted by Crippen LogP contribution is -2.47. The van der Waals surface area contributed by atoms with Crippen molar-refractivity contribution in [3.63, 3.8) is 0 Å². The van der Waals surface area contributed by atoms with Gasteiger partial charge < -0.3 is 15.0 Å². The first kappa shape index (κ1) is 15.3. The molecule has 0 aromatic heterocycles. The SMILES string of the molecule is C[C@H]1C[C@@H](C(=O)N2CCC(OC3CCCC3)CC2)CCN1. The molecule has 1 aliphatic carbocycles. The maximum Gasteiger partial charge on any atom is 0.225 e. The zero-order valence-corrected chi connectivity index (χ0v) is 13.4. The van der Waals surface area contributed by atoms with Crippen LogP contribution in [0.1, 0.15) is 58.3 Å². The van der Waals surface area contributed by atoms with Crippen LogP contribution in [0, 0.1) is 5.92 Å². The van der Waals surface area contributed by atoms with Crippen LogP contribution in [0.25, 0.3) is 0 Å². The second-order valence-electron chi connectivity index (χ2n) is 7.14. The van der Waals surface area contributed by atoms with E-state index in [9.17, 15) is 4.79 Å². The summed E-state index contributed by atoms with van der Waals surface area (Å²) in [7, 11) is 0. The fraction of sp³-hybridized carbons (Fsp3) is 0.941. The van der Waals surface area contributed by atoms with Crippen LogP contribution in [0.5, 0.6) is 0 Å². The molecule has 0 aromatic carbocycles. The van der Waals surface area contributed by atoms with Gasteiger partial charge in [0.1, 0.15) is 0 Å². The molecule has 2 saturated heterocycles. The minimum Gasteiger partial charge on any atom is -0.375 e. The highest BCUT2D eigenvalue weighted by Gasteiger charge is 2.31. The largest absolute Gasteiger partial charge is 0.375 e. The summed E-state index contributed by atoms with van der Waals surface area (Å²) in [4.78, 5) is 14.7. The number of carbonyl (C=O) groups excluding carboxylic acids is 1. The number of carbonyl (C=O) groups is 1. The quantitative estimate of drug-likeness (QED) is 0.868. The van der Waals surface area contributed by atoms with Crippen molar-refractivity contribution in [1.29, 1.82) is 0 Å². The third kappa shape index (κ3) is 3.98. The number of ether oxygens (including phenoxy) is 1. The first-order valence-corrected chi connectivity index (χ1v) is 8.90. The molecule has 2 heterocycles. The number of amides is 1. The van der Waals surface area contributed by atoms with Crippen LogP contribution in [0.4, 0.5) is 0 Å².